The standard InChI is InChI=1S/C28H24NO.C14H16GeN.Ir/c1-18(2)19(3)21-13-14-29-26(16-21)23-10-12-27-25(15-23)24-11-9-22(17-28(24)30-27)20-7-5-4-6-8-20;1-15(2,3)13-9-10-14(16-11-13)12-7-5-4-6-8-12;/h4-9,11-19H,1-3H3;4-7,9-11H,1-3H3;/q2*-1;. The summed E-state index contributed by atoms with van der Waals surface area (Å²) in [7, 11) is 0. The van der Waals surface area contributed by atoms with E-state index in [1.165, 1.54) is 15.5 Å². The van der Waals surface area contributed by atoms with Crippen LogP contribution in [-0.2, 0) is 20.1 Å². The molecule has 1 atom stereocenters. The Balaban J connectivity index is 0.000000217. The Labute approximate surface area is 295 Å². The van der Waals surface area contributed by atoms with Crippen LogP contribution in [0.2, 0.25) is 17.3 Å². The van der Waals surface area contributed by atoms with E-state index >= 15 is 0 Å². The van der Waals surface area contributed by atoms with E-state index in [1.54, 1.807) is 0 Å². The molecular weight excluding hydrogens is 813 g/mol. The summed E-state index contributed by atoms with van der Waals surface area (Å²) in [6.45, 7) is 6.78. The minimum Gasteiger partial charge on any atom is 0 e. The molecule has 0 saturated heterocycles. The van der Waals surface area contributed by atoms with Gasteiger partial charge in [0.15, 0.2) is 0 Å². The third-order valence-corrected chi connectivity index (χ3v) is 13.0. The molecular formula is C42H40GeIrN2O-2. The van der Waals surface area contributed by atoms with Gasteiger partial charge >= 0.3 is 99.8 Å². The van der Waals surface area contributed by atoms with Gasteiger partial charge in [0.2, 0.25) is 0 Å². The van der Waals surface area contributed by atoms with Crippen LogP contribution in [0.5, 0.6) is 0 Å². The fourth-order valence-corrected chi connectivity index (χ4v) is 7.66. The summed E-state index contributed by atoms with van der Waals surface area (Å²) in [5.74, 6) is 8.21. The van der Waals surface area contributed by atoms with Gasteiger partial charge in [-0.05, 0) is 40.8 Å². The molecule has 239 valence electrons. The van der Waals surface area contributed by atoms with Gasteiger partial charge in [-0.25, -0.2) is 0 Å². The van der Waals surface area contributed by atoms with E-state index in [1.807, 2.05) is 48.8 Å². The molecule has 0 saturated carbocycles. The van der Waals surface area contributed by atoms with Crippen molar-refractivity contribution in [2.45, 2.75) is 44.0 Å². The first-order valence-electron chi connectivity index (χ1n) is 16.0. The van der Waals surface area contributed by atoms with E-state index in [4.69, 9.17) is 4.42 Å². The number of pyridine rings is 2. The zero-order chi connectivity index (χ0) is 32.3. The summed E-state index contributed by atoms with van der Waals surface area (Å²) in [4.78, 5) is 9.15. The van der Waals surface area contributed by atoms with Crippen molar-refractivity contribution < 1.29 is 24.5 Å². The zero-order valence-electron chi connectivity index (χ0n) is 27.8. The first-order valence-corrected chi connectivity index (χ1v) is 23.3. The average Bonchev–Trinajstić information content (AvgIpc) is 3.46. The van der Waals surface area contributed by atoms with Crippen LogP contribution in [0.1, 0.15) is 32.3 Å². The van der Waals surface area contributed by atoms with Crippen LogP contribution in [0, 0.1) is 18.1 Å². The van der Waals surface area contributed by atoms with Crippen LogP contribution in [-0.4, -0.2) is 23.2 Å². The number of nitrogens with zero attached hydrogens (tertiary/aromatic N) is 2. The Hall–Kier alpha value is -3.83. The quantitative estimate of drug-likeness (QED) is 0.124. The summed E-state index contributed by atoms with van der Waals surface area (Å²) in [6.07, 6.45) is 3.94. The van der Waals surface area contributed by atoms with Crippen LogP contribution >= 0.6 is 0 Å². The summed E-state index contributed by atoms with van der Waals surface area (Å²) in [5.41, 5.74) is 9.43. The molecule has 4 aromatic carbocycles. The molecule has 0 spiro atoms. The van der Waals surface area contributed by atoms with E-state index in [0.717, 1.165) is 50.0 Å². The van der Waals surface area contributed by atoms with E-state index < -0.39 is 13.3 Å². The molecule has 0 bridgehead atoms. The van der Waals surface area contributed by atoms with Gasteiger partial charge in [0.25, 0.3) is 0 Å². The molecule has 0 aliphatic rings. The zero-order valence-corrected chi connectivity index (χ0v) is 32.3. The Kier molecular flexibility index (Phi) is 11.0. The first-order chi connectivity index (χ1) is 22.2. The third-order valence-electron chi connectivity index (χ3n) is 8.71. The molecule has 1 radical (unpaired) electrons. The van der Waals surface area contributed by atoms with Gasteiger partial charge in [-0.3, -0.25) is 0 Å². The van der Waals surface area contributed by atoms with Crippen LogP contribution in [0.3, 0.4) is 0 Å². The molecule has 47 heavy (non-hydrogen) atoms. The summed E-state index contributed by atoms with van der Waals surface area (Å²) >= 11 is -1.72. The third kappa shape index (κ3) is 8.01. The Morgan fingerprint density at radius 2 is 1.45 bits per heavy atom. The maximum absolute atomic E-state index is 6.15. The van der Waals surface area contributed by atoms with Crippen molar-refractivity contribution in [3.05, 3.63) is 139 Å². The number of benzene rings is 4. The molecule has 0 aliphatic carbocycles. The molecule has 0 N–H and O–H groups in total. The molecule has 1 unspecified atom stereocenters. The van der Waals surface area contributed by atoms with Crippen LogP contribution in [0.15, 0.2) is 126 Å². The van der Waals surface area contributed by atoms with Crippen molar-refractivity contribution in [2.75, 3.05) is 0 Å². The maximum atomic E-state index is 6.15. The SMILES string of the molecule is CC(C)C(C)c1ccnc(-c2[c-]cc3oc4cc(-c5ccccc5)ccc4c3c2)c1.[CH3][Ge]([CH3])([CH3])[c]1ccc(-c2[c-]cccc2)nc1.[Ir]. The summed E-state index contributed by atoms with van der Waals surface area (Å²) in [6, 6.07) is 44.1. The van der Waals surface area contributed by atoms with Gasteiger partial charge in [0.05, 0.1) is 5.58 Å². The smallest absolute Gasteiger partial charge is 0 e. The second-order valence-electron chi connectivity index (χ2n) is 13.3. The molecule has 3 aromatic heterocycles. The minimum absolute atomic E-state index is 0. The summed E-state index contributed by atoms with van der Waals surface area (Å²) < 4.78 is 7.59. The van der Waals surface area contributed by atoms with Crippen LogP contribution in [0.4, 0.5) is 0 Å². The van der Waals surface area contributed by atoms with E-state index in [9.17, 15) is 0 Å². The van der Waals surface area contributed by atoms with Crippen molar-refractivity contribution in [2.24, 2.45) is 5.92 Å². The molecule has 3 heterocycles. The van der Waals surface area contributed by atoms with Crippen molar-refractivity contribution in [1.29, 1.82) is 0 Å². The second-order valence-corrected chi connectivity index (χ2v) is 23.9. The molecule has 0 aliphatic heterocycles. The van der Waals surface area contributed by atoms with E-state index in [2.05, 4.69) is 133 Å². The minimum atomic E-state index is -1.72. The number of fused-ring (bicyclic) bond motifs is 3. The number of hydrogen-bond donors (Lipinski definition) is 0. The van der Waals surface area contributed by atoms with E-state index in [0.29, 0.717) is 11.8 Å². The average molecular weight is 854 g/mol. The van der Waals surface area contributed by atoms with Crippen molar-refractivity contribution in [1.82, 2.24) is 9.97 Å². The van der Waals surface area contributed by atoms with Gasteiger partial charge in [-0.1, -0.05) is 80.3 Å². The van der Waals surface area contributed by atoms with Crippen molar-refractivity contribution in [3.63, 3.8) is 0 Å². The largest absolute Gasteiger partial charge is 0 e. The predicted molar refractivity (Wildman–Crippen MR) is 196 cm³/mol. The molecule has 3 nitrogen and oxygen atoms in total. The predicted octanol–water partition coefficient (Wildman–Crippen LogP) is 11.0. The summed E-state index contributed by atoms with van der Waals surface area (Å²) in [5, 5.41) is 2.22. The van der Waals surface area contributed by atoms with Crippen LogP contribution < -0.4 is 4.40 Å². The second kappa shape index (κ2) is 14.9. The maximum Gasteiger partial charge on any atom is 0 e. The molecule has 7 rings (SSSR count). The van der Waals surface area contributed by atoms with Gasteiger partial charge < -0.3 is 9.40 Å². The van der Waals surface area contributed by atoms with Crippen molar-refractivity contribution >= 4 is 39.6 Å². The van der Waals surface area contributed by atoms with Gasteiger partial charge in [0.1, 0.15) is 5.58 Å². The van der Waals surface area contributed by atoms with E-state index in [-0.39, 0.29) is 20.1 Å². The number of rotatable bonds is 6. The van der Waals surface area contributed by atoms with Gasteiger partial charge in [-0.15, -0.1) is 23.8 Å². The topological polar surface area (TPSA) is 38.9 Å². The Morgan fingerprint density at radius 1 is 0.660 bits per heavy atom. The van der Waals surface area contributed by atoms with Gasteiger partial charge in [-0.2, -0.15) is 0 Å². The van der Waals surface area contributed by atoms with Crippen LogP contribution in [0.25, 0.3) is 55.6 Å². The first kappa shape index (κ1) is 34.5. The monoisotopic (exact) mass is 855 g/mol. The molecule has 7 aromatic rings. The molecule has 0 amide bonds. The fourth-order valence-electron chi connectivity index (χ4n) is 5.49. The van der Waals surface area contributed by atoms with Gasteiger partial charge in [0, 0.05) is 31.7 Å². The fraction of sp³-hybridized carbons (Fsp3) is 0.190. The Bertz CT molecular complexity index is 2060. The molecule has 5 heteroatoms. The number of furan rings is 1. The number of hydrogen-bond acceptors (Lipinski definition) is 3. The normalized spacial score (nSPS) is 12.0. The van der Waals surface area contributed by atoms with Crippen molar-refractivity contribution in [3.8, 4) is 33.6 Å². The molecule has 0 fully saturated rings. The number of aromatic nitrogens is 2. The Morgan fingerprint density at radius 3 is 2.13 bits per heavy atom.